The van der Waals surface area contributed by atoms with Gasteiger partial charge in [-0.2, -0.15) is 0 Å². The molecule has 2 aromatic carbocycles. The molecule has 6 rings (SSSR count). The van der Waals surface area contributed by atoms with Crippen molar-refractivity contribution in [1.29, 1.82) is 0 Å². The number of allylic oxidation sites excluding steroid dienone is 1. The van der Waals surface area contributed by atoms with Gasteiger partial charge in [-0.05, 0) is 84.2 Å². The van der Waals surface area contributed by atoms with Crippen molar-refractivity contribution in [2.24, 2.45) is 11.3 Å². The molecule has 0 spiro atoms. The molecule has 2 fully saturated rings. The van der Waals surface area contributed by atoms with Crippen LogP contribution in [0.2, 0.25) is 0 Å². The van der Waals surface area contributed by atoms with Gasteiger partial charge < -0.3 is 14.7 Å². The van der Waals surface area contributed by atoms with Gasteiger partial charge in [0.2, 0.25) is 0 Å². The van der Waals surface area contributed by atoms with Crippen LogP contribution in [0.5, 0.6) is 0 Å². The smallest absolute Gasteiger partial charge is 0.156 e. The Hall–Kier alpha value is -3.13. The maximum Gasteiger partial charge on any atom is 0.156 e. The van der Waals surface area contributed by atoms with Crippen LogP contribution in [-0.2, 0) is 9.53 Å². The third-order valence-corrected chi connectivity index (χ3v) is 9.37. The SMILES string of the molecule is CN(C)c1ccc(C2CC3(C)C(CCC3(O)C#Cc3ccccc3)C3OCC4=CC(=O)CCC4=C23)cc1. The van der Waals surface area contributed by atoms with E-state index in [0.29, 0.717) is 19.4 Å². The molecule has 1 aliphatic heterocycles. The number of anilines is 1. The van der Waals surface area contributed by atoms with Crippen molar-refractivity contribution in [3.8, 4) is 11.8 Å². The average Bonchev–Trinajstić information content (AvgIpc) is 3.17. The fourth-order valence-corrected chi connectivity index (χ4v) is 7.22. The fourth-order valence-electron chi connectivity index (χ4n) is 7.22. The van der Waals surface area contributed by atoms with E-state index in [1.165, 1.54) is 16.7 Å². The van der Waals surface area contributed by atoms with E-state index in [1.54, 1.807) is 6.08 Å². The molecule has 2 saturated carbocycles. The molecule has 4 nitrogen and oxygen atoms in total. The van der Waals surface area contributed by atoms with Crippen molar-refractivity contribution < 1.29 is 14.6 Å². The highest BCUT2D eigenvalue weighted by Gasteiger charge is 2.63. The molecule has 0 bridgehead atoms. The topological polar surface area (TPSA) is 49.8 Å². The van der Waals surface area contributed by atoms with Gasteiger partial charge in [-0.25, -0.2) is 0 Å². The highest BCUT2D eigenvalue weighted by Crippen LogP contribution is 2.64. The molecule has 0 saturated heterocycles. The van der Waals surface area contributed by atoms with Gasteiger partial charge >= 0.3 is 0 Å². The zero-order valence-electron chi connectivity index (χ0n) is 22.0. The number of ketones is 1. The summed E-state index contributed by atoms with van der Waals surface area (Å²) in [5.41, 5.74) is 5.53. The molecule has 37 heavy (non-hydrogen) atoms. The Labute approximate surface area is 220 Å². The lowest BCUT2D eigenvalue weighted by Gasteiger charge is -2.53. The minimum absolute atomic E-state index is 0.0647. The number of hydrogen-bond donors (Lipinski definition) is 1. The van der Waals surface area contributed by atoms with Gasteiger partial charge in [0.25, 0.3) is 0 Å². The summed E-state index contributed by atoms with van der Waals surface area (Å²) in [5.74, 6) is 7.10. The Morgan fingerprint density at radius 3 is 2.54 bits per heavy atom. The van der Waals surface area contributed by atoms with E-state index in [4.69, 9.17) is 4.74 Å². The number of aliphatic hydroxyl groups is 1. The standard InChI is InChI=1S/C33H35NO3/c1-32-20-28(23-9-11-25(12-10-23)34(2)3)30-27-14-13-26(35)19-24(27)21-37-31(30)29(32)16-18-33(32,36)17-15-22-7-5-4-6-8-22/h4-12,19,28-29,31,36H,13-14,16,18,20-21H2,1-3H3. The summed E-state index contributed by atoms with van der Waals surface area (Å²) in [4.78, 5) is 14.3. The molecule has 5 atom stereocenters. The third kappa shape index (κ3) is 3.97. The van der Waals surface area contributed by atoms with E-state index < -0.39 is 11.0 Å². The lowest BCUT2D eigenvalue weighted by Crippen LogP contribution is -2.53. The minimum atomic E-state index is -1.09. The molecule has 0 aromatic heterocycles. The van der Waals surface area contributed by atoms with E-state index in [0.717, 1.165) is 36.1 Å². The predicted molar refractivity (Wildman–Crippen MR) is 146 cm³/mol. The molecule has 1 heterocycles. The van der Waals surface area contributed by atoms with Crippen LogP contribution in [0.1, 0.15) is 56.1 Å². The average molecular weight is 494 g/mol. The molecule has 5 unspecified atom stereocenters. The van der Waals surface area contributed by atoms with Crippen LogP contribution in [-0.4, -0.2) is 43.3 Å². The highest BCUT2D eigenvalue weighted by atomic mass is 16.5. The number of fused-ring (bicyclic) bond motifs is 4. The molecular weight excluding hydrogens is 458 g/mol. The van der Waals surface area contributed by atoms with Crippen molar-refractivity contribution in [3.63, 3.8) is 0 Å². The summed E-state index contributed by atoms with van der Waals surface area (Å²) in [5, 5.41) is 12.1. The van der Waals surface area contributed by atoms with E-state index in [-0.39, 0.29) is 23.7 Å². The summed E-state index contributed by atoms with van der Waals surface area (Å²) in [6.07, 6.45) is 5.41. The summed E-state index contributed by atoms with van der Waals surface area (Å²) in [6, 6.07) is 18.7. The maximum absolute atomic E-state index is 12.2. The molecule has 2 aromatic rings. The molecule has 190 valence electrons. The quantitative estimate of drug-likeness (QED) is 0.568. The summed E-state index contributed by atoms with van der Waals surface area (Å²) >= 11 is 0. The zero-order chi connectivity index (χ0) is 25.8. The number of hydrogen-bond acceptors (Lipinski definition) is 4. The largest absolute Gasteiger partial charge is 0.378 e. The lowest BCUT2D eigenvalue weighted by atomic mass is 9.55. The van der Waals surface area contributed by atoms with Crippen LogP contribution < -0.4 is 4.90 Å². The van der Waals surface area contributed by atoms with Gasteiger partial charge in [-0.1, -0.05) is 49.1 Å². The second kappa shape index (κ2) is 9.01. The first-order valence-corrected chi connectivity index (χ1v) is 13.5. The monoisotopic (exact) mass is 493 g/mol. The summed E-state index contributed by atoms with van der Waals surface area (Å²) in [6.45, 7) is 2.70. The van der Waals surface area contributed by atoms with E-state index >= 15 is 0 Å². The van der Waals surface area contributed by atoms with Crippen LogP contribution in [0, 0.1) is 23.2 Å². The van der Waals surface area contributed by atoms with Gasteiger partial charge in [0.1, 0.15) is 5.60 Å². The number of ether oxygens (including phenoxy) is 1. The Morgan fingerprint density at radius 2 is 1.81 bits per heavy atom. The predicted octanol–water partition coefficient (Wildman–Crippen LogP) is 5.42. The van der Waals surface area contributed by atoms with Gasteiger partial charge in [0, 0.05) is 43.1 Å². The molecule has 4 aliphatic rings. The first-order chi connectivity index (χ1) is 17.8. The first kappa shape index (κ1) is 24.2. The van der Waals surface area contributed by atoms with E-state index in [2.05, 4.69) is 62.0 Å². The molecule has 4 heteroatoms. The van der Waals surface area contributed by atoms with Crippen molar-refractivity contribution >= 4 is 11.5 Å². The van der Waals surface area contributed by atoms with Crippen LogP contribution in [0.25, 0.3) is 0 Å². The van der Waals surface area contributed by atoms with Crippen LogP contribution in [0.4, 0.5) is 5.69 Å². The van der Waals surface area contributed by atoms with E-state index in [1.807, 2.05) is 30.3 Å². The number of carbonyl (C=O) groups excluding carboxylic acids is 1. The van der Waals surface area contributed by atoms with Crippen molar-refractivity contribution in [2.75, 3.05) is 25.6 Å². The number of carbonyl (C=O) groups is 1. The lowest BCUT2D eigenvalue weighted by molar-refractivity contribution is -0.115. The Kier molecular flexibility index (Phi) is 5.90. The minimum Gasteiger partial charge on any atom is -0.378 e. The van der Waals surface area contributed by atoms with Gasteiger partial charge in [-0.15, -0.1) is 0 Å². The second-order valence-corrected chi connectivity index (χ2v) is 11.6. The molecule has 3 aliphatic carbocycles. The molecule has 0 radical (unpaired) electrons. The maximum atomic E-state index is 12.2. The summed E-state index contributed by atoms with van der Waals surface area (Å²) in [7, 11) is 4.11. The van der Waals surface area contributed by atoms with E-state index in [9.17, 15) is 9.90 Å². The van der Waals surface area contributed by atoms with Gasteiger partial charge in [0.05, 0.1) is 12.7 Å². The number of rotatable bonds is 2. The fraction of sp³-hybridized carbons (Fsp3) is 0.424. The Balaban J connectivity index is 1.46. The second-order valence-electron chi connectivity index (χ2n) is 11.6. The van der Waals surface area contributed by atoms with Crippen molar-refractivity contribution in [1.82, 2.24) is 0 Å². The Morgan fingerprint density at radius 1 is 1.05 bits per heavy atom. The normalized spacial score (nSPS) is 32.5. The number of benzene rings is 2. The van der Waals surface area contributed by atoms with Gasteiger partial charge in [-0.3, -0.25) is 4.79 Å². The van der Waals surface area contributed by atoms with Crippen molar-refractivity contribution in [3.05, 3.63) is 88.5 Å². The molecule has 0 amide bonds. The van der Waals surface area contributed by atoms with Crippen molar-refractivity contribution in [2.45, 2.75) is 56.7 Å². The number of nitrogens with zero attached hydrogens (tertiary/aromatic N) is 1. The summed E-state index contributed by atoms with van der Waals surface area (Å²) < 4.78 is 6.60. The molecular formula is C33H35NO3. The van der Waals surface area contributed by atoms with Gasteiger partial charge in [0.15, 0.2) is 5.78 Å². The Bertz CT molecular complexity index is 1340. The zero-order valence-corrected chi connectivity index (χ0v) is 22.0. The van der Waals surface area contributed by atoms with Crippen LogP contribution in [0.3, 0.4) is 0 Å². The third-order valence-electron chi connectivity index (χ3n) is 9.37. The van der Waals surface area contributed by atoms with Crippen LogP contribution >= 0.6 is 0 Å². The van der Waals surface area contributed by atoms with Crippen LogP contribution in [0.15, 0.2) is 77.4 Å². The first-order valence-electron chi connectivity index (χ1n) is 13.5. The molecule has 1 N–H and O–H groups in total. The highest BCUT2D eigenvalue weighted by molar-refractivity contribution is 5.93.